The van der Waals surface area contributed by atoms with Crippen molar-refractivity contribution in [2.24, 2.45) is 0 Å². The summed E-state index contributed by atoms with van der Waals surface area (Å²) >= 11 is 0. The summed E-state index contributed by atoms with van der Waals surface area (Å²) in [6.07, 6.45) is 1.65. The SMILES string of the molecule is CCOc1cccc2cc(C(C)NC(=O)Cc3coc(-c4ccccc4)n3)oc12. The smallest absolute Gasteiger partial charge is 0.226 e. The molecule has 2 heterocycles. The van der Waals surface area contributed by atoms with E-state index in [1.807, 2.05) is 68.4 Å². The van der Waals surface area contributed by atoms with Gasteiger partial charge < -0.3 is 18.9 Å². The summed E-state index contributed by atoms with van der Waals surface area (Å²) in [5, 5.41) is 3.89. The van der Waals surface area contributed by atoms with Gasteiger partial charge in [0.05, 0.1) is 24.8 Å². The molecule has 1 amide bonds. The van der Waals surface area contributed by atoms with Crippen LogP contribution in [0, 0.1) is 0 Å². The van der Waals surface area contributed by atoms with Crippen molar-refractivity contribution in [3.05, 3.63) is 72.3 Å². The molecule has 1 atom stereocenters. The van der Waals surface area contributed by atoms with E-state index in [9.17, 15) is 4.79 Å². The first-order valence-corrected chi connectivity index (χ1v) is 9.58. The van der Waals surface area contributed by atoms with Gasteiger partial charge in [-0.05, 0) is 38.1 Å². The predicted molar refractivity (Wildman–Crippen MR) is 110 cm³/mol. The first-order chi connectivity index (χ1) is 14.1. The number of fused-ring (bicyclic) bond motifs is 1. The van der Waals surface area contributed by atoms with Gasteiger partial charge in [-0.2, -0.15) is 0 Å². The number of amides is 1. The number of aromatic nitrogens is 1. The molecule has 2 aromatic heterocycles. The molecule has 148 valence electrons. The molecule has 0 bridgehead atoms. The minimum atomic E-state index is -0.287. The summed E-state index contributed by atoms with van der Waals surface area (Å²) in [4.78, 5) is 16.9. The van der Waals surface area contributed by atoms with E-state index in [0.29, 0.717) is 35.3 Å². The molecular weight excluding hydrogens is 368 g/mol. The topological polar surface area (TPSA) is 77.5 Å². The number of carbonyl (C=O) groups excluding carboxylic acids is 1. The maximum Gasteiger partial charge on any atom is 0.226 e. The summed E-state index contributed by atoms with van der Waals surface area (Å²) in [5.74, 6) is 1.72. The molecule has 6 nitrogen and oxygen atoms in total. The van der Waals surface area contributed by atoms with Crippen LogP contribution in [0.1, 0.15) is 31.3 Å². The molecule has 0 aliphatic rings. The highest BCUT2D eigenvalue weighted by atomic mass is 16.5. The average molecular weight is 390 g/mol. The number of hydrogen-bond donors (Lipinski definition) is 1. The molecule has 29 heavy (non-hydrogen) atoms. The second kappa shape index (κ2) is 8.22. The normalized spacial score (nSPS) is 12.1. The van der Waals surface area contributed by atoms with Crippen molar-refractivity contribution in [1.82, 2.24) is 10.3 Å². The van der Waals surface area contributed by atoms with E-state index in [4.69, 9.17) is 13.6 Å². The standard InChI is InChI=1S/C23H22N2O4/c1-3-27-19-11-7-10-17-12-20(29-22(17)19)15(2)24-21(26)13-18-14-28-23(25-18)16-8-5-4-6-9-16/h4-12,14-15H,3,13H2,1-2H3,(H,24,26). The van der Waals surface area contributed by atoms with E-state index in [1.165, 1.54) is 6.26 Å². The van der Waals surface area contributed by atoms with E-state index < -0.39 is 0 Å². The van der Waals surface area contributed by atoms with Crippen LogP contribution in [0.5, 0.6) is 5.75 Å². The first-order valence-electron chi connectivity index (χ1n) is 9.58. The van der Waals surface area contributed by atoms with Crippen molar-refractivity contribution in [2.75, 3.05) is 6.61 Å². The number of ether oxygens (including phenoxy) is 1. The van der Waals surface area contributed by atoms with Crippen LogP contribution in [0.2, 0.25) is 0 Å². The molecule has 0 aliphatic carbocycles. The highest BCUT2D eigenvalue weighted by molar-refractivity contribution is 5.84. The molecule has 0 spiro atoms. The Labute approximate surface area is 168 Å². The van der Waals surface area contributed by atoms with Crippen molar-refractivity contribution in [2.45, 2.75) is 26.3 Å². The zero-order valence-electron chi connectivity index (χ0n) is 16.3. The number of hydrogen-bond acceptors (Lipinski definition) is 5. The van der Waals surface area contributed by atoms with Crippen molar-refractivity contribution in [1.29, 1.82) is 0 Å². The summed E-state index contributed by atoms with van der Waals surface area (Å²) in [6.45, 7) is 4.37. The van der Waals surface area contributed by atoms with Gasteiger partial charge in [0.2, 0.25) is 11.8 Å². The predicted octanol–water partition coefficient (Wildman–Crippen LogP) is 4.91. The van der Waals surface area contributed by atoms with Gasteiger partial charge >= 0.3 is 0 Å². The van der Waals surface area contributed by atoms with Crippen LogP contribution >= 0.6 is 0 Å². The van der Waals surface area contributed by atoms with E-state index >= 15 is 0 Å². The Morgan fingerprint density at radius 1 is 1.17 bits per heavy atom. The van der Waals surface area contributed by atoms with Gasteiger partial charge in [0.1, 0.15) is 12.0 Å². The fraction of sp³-hybridized carbons (Fsp3) is 0.217. The second-order valence-corrected chi connectivity index (χ2v) is 6.73. The number of oxazole rings is 1. The highest BCUT2D eigenvalue weighted by Gasteiger charge is 2.17. The Bertz CT molecular complexity index is 1110. The molecule has 0 saturated carbocycles. The van der Waals surface area contributed by atoms with Crippen LogP contribution in [0.25, 0.3) is 22.4 Å². The number of nitrogens with one attached hydrogen (secondary N) is 1. The lowest BCUT2D eigenvalue weighted by Crippen LogP contribution is -2.27. The number of rotatable bonds is 7. The van der Waals surface area contributed by atoms with Gasteiger partial charge in [-0.3, -0.25) is 4.79 Å². The monoisotopic (exact) mass is 390 g/mol. The van der Waals surface area contributed by atoms with Gasteiger partial charge in [0.25, 0.3) is 0 Å². The number of para-hydroxylation sites is 1. The van der Waals surface area contributed by atoms with Gasteiger partial charge in [-0.1, -0.05) is 30.3 Å². The maximum absolute atomic E-state index is 12.5. The Morgan fingerprint density at radius 3 is 2.79 bits per heavy atom. The molecule has 1 unspecified atom stereocenters. The van der Waals surface area contributed by atoms with E-state index in [1.54, 1.807) is 0 Å². The average Bonchev–Trinajstić information content (AvgIpc) is 3.36. The van der Waals surface area contributed by atoms with Crippen LogP contribution in [0.15, 0.2) is 69.7 Å². The van der Waals surface area contributed by atoms with Crippen LogP contribution in [0.3, 0.4) is 0 Å². The third-order valence-electron chi connectivity index (χ3n) is 4.55. The highest BCUT2D eigenvalue weighted by Crippen LogP contribution is 2.31. The van der Waals surface area contributed by atoms with Crippen molar-refractivity contribution < 1.29 is 18.4 Å². The Morgan fingerprint density at radius 2 is 2.00 bits per heavy atom. The molecule has 0 fully saturated rings. The van der Waals surface area contributed by atoms with Gasteiger partial charge in [0, 0.05) is 10.9 Å². The first kappa shape index (κ1) is 18.8. The summed E-state index contributed by atoms with van der Waals surface area (Å²) in [6, 6.07) is 17.0. The van der Waals surface area contributed by atoms with Crippen molar-refractivity contribution in [3.63, 3.8) is 0 Å². The zero-order chi connectivity index (χ0) is 20.2. The third kappa shape index (κ3) is 4.16. The fourth-order valence-electron chi connectivity index (χ4n) is 3.17. The largest absolute Gasteiger partial charge is 0.490 e. The van der Waals surface area contributed by atoms with Gasteiger partial charge in [-0.25, -0.2) is 4.98 Å². The van der Waals surface area contributed by atoms with Crippen molar-refractivity contribution in [3.8, 4) is 17.2 Å². The van der Waals surface area contributed by atoms with E-state index in [2.05, 4.69) is 10.3 Å². The summed E-state index contributed by atoms with van der Waals surface area (Å²) in [7, 11) is 0. The Kier molecular flexibility index (Phi) is 5.33. The number of nitrogens with zero attached hydrogens (tertiary/aromatic N) is 1. The van der Waals surface area contributed by atoms with Gasteiger partial charge in [0.15, 0.2) is 11.3 Å². The fourth-order valence-corrected chi connectivity index (χ4v) is 3.17. The molecular formula is C23H22N2O4. The van der Waals surface area contributed by atoms with Gasteiger partial charge in [-0.15, -0.1) is 0 Å². The van der Waals surface area contributed by atoms with Crippen molar-refractivity contribution >= 4 is 16.9 Å². The maximum atomic E-state index is 12.5. The lowest BCUT2D eigenvalue weighted by Gasteiger charge is -2.10. The molecule has 0 radical (unpaired) electrons. The lowest BCUT2D eigenvalue weighted by molar-refractivity contribution is -0.121. The molecule has 6 heteroatoms. The Balaban J connectivity index is 1.43. The zero-order valence-corrected chi connectivity index (χ0v) is 16.3. The lowest BCUT2D eigenvalue weighted by atomic mass is 10.2. The minimum absolute atomic E-state index is 0.130. The Hall–Kier alpha value is -3.54. The number of carbonyl (C=O) groups is 1. The summed E-state index contributed by atoms with van der Waals surface area (Å²) in [5.41, 5.74) is 2.14. The van der Waals surface area contributed by atoms with Crippen LogP contribution < -0.4 is 10.1 Å². The van der Waals surface area contributed by atoms with E-state index in [-0.39, 0.29) is 18.4 Å². The van der Waals surface area contributed by atoms with E-state index in [0.717, 1.165) is 10.9 Å². The number of benzene rings is 2. The molecule has 2 aromatic carbocycles. The quantitative estimate of drug-likeness (QED) is 0.485. The molecule has 1 N–H and O–H groups in total. The molecule has 4 rings (SSSR count). The third-order valence-corrected chi connectivity index (χ3v) is 4.55. The summed E-state index contributed by atoms with van der Waals surface area (Å²) < 4.78 is 17.1. The second-order valence-electron chi connectivity index (χ2n) is 6.73. The van der Waals surface area contributed by atoms with Crippen LogP contribution in [-0.4, -0.2) is 17.5 Å². The molecule has 0 aliphatic heterocycles. The molecule has 4 aromatic rings. The minimum Gasteiger partial charge on any atom is -0.490 e. The van der Waals surface area contributed by atoms with Crippen LogP contribution in [-0.2, 0) is 11.2 Å². The van der Waals surface area contributed by atoms with Crippen LogP contribution in [0.4, 0.5) is 0 Å². The molecule has 0 saturated heterocycles. The number of furan rings is 1.